The van der Waals surface area contributed by atoms with E-state index in [-0.39, 0.29) is 11.3 Å². The number of alkyl halides is 3. The monoisotopic (exact) mass is 275 g/mol. The molecule has 0 aliphatic carbocycles. The Kier molecular flexibility index (Phi) is 4.85. The van der Waals surface area contributed by atoms with Gasteiger partial charge in [-0.1, -0.05) is 32.4 Å². The highest BCUT2D eigenvalue weighted by atomic mass is 19.4. The van der Waals surface area contributed by atoms with Gasteiger partial charge in [-0.15, -0.1) is 13.2 Å². The topological polar surface area (TPSA) is 35.2 Å². The highest BCUT2D eigenvalue weighted by Gasteiger charge is 2.31. The molecule has 1 rings (SSSR count). The number of benzene rings is 1. The number of hydrogen-bond acceptors (Lipinski definition) is 2. The van der Waals surface area contributed by atoms with Crippen molar-refractivity contribution < 1.29 is 17.9 Å². The average Bonchev–Trinajstić information content (AvgIpc) is 2.28. The molecule has 2 unspecified atom stereocenters. The number of rotatable bonds is 5. The summed E-state index contributed by atoms with van der Waals surface area (Å²) in [5.41, 5.74) is 6.76. The third-order valence-electron chi connectivity index (χ3n) is 3.48. The summed E-state index contributed by atoms with van der Waals surface area (Å²) in [7, 11) is 0. The second kappa shape index (κ2) is 5.82. The van der Waals surface area contributed by atoms with Gasteiger partial charge in [-0.25, -0.2) is 0 Å². The normalized spacial score (nSPS) is 16.8. The first-order chi connectivity index (χ1) is 8.64. The molecular formula is C14H20F3NO. The summed E-state index contributed by atoms with van der Waals surface area (Å²) in [6, 6.07) is 5.87. The largest absolute Gasteiger partial charge is 0.573 e. The van der Waals surface area contributed by atoms with E-state index in [1.165, 1.54) is 12.1 Å². The van der Waals surface area contributed by atoms with Crippen LogP contribution in [-0.4, -0.2) is 11.9 Å². The van der Waals surface area contributed by atoms with E-state index in [1.54, 1.807) is 12.1 Å². The highest BCUT2D eigenvalue weighted by Crippen LogP contribution is 2.26. The number of nitrogens with two attached hydrogens (primary N) is 1. The van der Waals surface area contributed by atoms with Crippen molar-refractivity contribution in [3.8, 4) is 5.75 Å². The minimum absolute atomic E-state index is 0.210. The quantitative estimate of drug-likeness (QED) is 0.884. The summed E-state index contributed by atoms with van der Waals surface area (Å²) < 4.78 is 39.9. The van der Waals surface area contributed by atoms with E-state index >= 15 is 0 Å². The van der Waals surface area contributed by atoms with E-state index in [4.69, 9.17) is 5.73 Å². The summed E-state index contributed by atoms with van der Waals surface area (Å²) in [4.78, 5) is 0. The summed E-state index contributed by atoms with van der Waals surface area (Å²) in [5, 5.41) is 0. The summed E-state index contributed by atoms with van der Waals surface area (Å²) in [5.74, 6) is 0.122. The summed E-state index contributed by atoms with van der Waals surface area (Å²) >= 11 is 0. The molecular weight excluding hydrogens is 255 g/mol. The van der Waals surface area contributed by atoms with Gasteiger partial charge in [0.1, 0.15) is 5.75 Å². The molecule has 0 aromatic heterocycles. The van der Waals surface area contributed by atoms with Crippen LogP contribution in [-0.2, 0) is 6.42 Å². The highest BCUT2D eigenvalue weighted by molar-refractivity contribution is 5.28. The molecule has 0 spiro atoms. The van der Waals surface area contributed by atoms with Crippen LogP contribution in [0.5, 0.6) is 5.75 Å². The van der Waals surface area contributed by atoms with Crippen molar-refractivity contribution in [1.82, 2.24) is 0 Å². The number of ether oxygens (including phenoxy) is 1. The van der Waals surface area contributed by atoms with Crippen LogP contribution in [0.3, 0.4) is 0 Å². The molecule has 0 bridgehead atoms. The van der Waals surface area contributed by atoms with Gasteiger partial charge in [0.05, 0.1) is 0 Å². The first kappa shape index (κ1) is 15.8. The molecule has 0 heterocycles. The zero-order valence-corrected chi connectivity index (χ0v) is 11.4. The van der Waals surface area contributed by atoms with Gasteiger partial charge < -0.3 is 10.5 Å². The van der Waals surface area contributed by atoms with Crippen molar-refractivity contribution in [3.05, 3.63) is 29.8 Å². The fourth-order valence-corrected chi connectivity index (χ4v) is 1.89. The Morgan fingerprint density at radius 3 is 2.16 bits per heavy atom. The van der Waals surface area contributed by atoms with Crippen LogP contribution < -0.4 is 10.5 Å². The van der Waals surface area contributed by atoms with Crippen molar-refractivity contribution in [1.29, 1.82) is 0 Å². The second-order valence-electron chi connectivity index (χ2n) is 5.18. The fraction of sp³-hybridized carbons (Fsp3) is 0.571. The van der Waals surface area contributed by atoms with Gasteiger partial charge >= 0.3 is 6.36 Å². The predicted octanol–water partition coefficient (Wildman–Crippen LogP) is 3.89. The lowest BCUT2D eigenvalue weighted by Crippen LogP contribution is -2.44. The smallest absolute Gasteiger partial charge is 0.406 e. The molecule has 19 heavy (non-hydrogen) atoms. The molecule has 2 nitrogen and oxygen atoms in total. The lowest BCUT2D eigenvalue weighted by Gasteiger charge is -2.31. The van der Waals surface area contributed by atoms with Crippen LogP contribution in [0.4, 0.5) is 13.2 Å². The Bertz CT molecular complexity index is 398. The molecule has 0 aliphatic heterocycles. The molecule has 2 atom stereocenters. The first-order valence-electron chi connectivity index (χ1n) is 6.27. The van der Waals surface area contributed by atoms with Gasteiger partial charge in [0.15, 0.2) is 0 Å². The van der Waals surface area contributed by atoms with Crippen molar-refractivity contribution >= 4 is 0 Å². The van der Waals surface area contributed by atoms with Gasteiger partial charge in [0.25, 0.3) is 0 Å². The Labute approximate surface area is 111 Å². The van der Waals surface area contributed by atoms with Gasteiger partial charge in [-0.2, -0.15) is 0 Å². The van der Waals surface area contributed by atoms with Crippen LogP contribution in [0.1, 0.15) is 32.8 Å². The third-order valence-corrected chi connectivity index (χ3v) is 3.48. The van der Waals surface area contributed by atoms with E-state index in [9.17, 15) is 13.2 Å². The Hall–Kier alpha value is -1.23. The van der Waals surface area contributed by atoms with Crippen LogP contribution in [0, 0.1) is 5.92 Å². The van der Waals surface area contributed by atoms with E-state index in [0.29, 0.717) is 12.3 Å². The lowest BCUT2D eigenvalue weighted by molar-refractivity contribution is -0.274. The van der Waals surface area contributed by atoms with Crippen molar-refractivity contribution in [2.24, 2.45) is 11.7 Å². The van der Waals surface area contributed by atoms with E-state index in [0.717, 1.165) is 12.0 Å². The summed E-state index contributed by atoms with van der Waals surface area (Å²) in [6.07, 6.45) is -3.07. The van der Waals surface area contributed by atoms with Crippen molar-refractivity contribution in [2.45, 2.75) is 45.5 Å². The van der Waals surface area contributed by atoms with E-state index < -0.39 is 6.36 Å². The second-order valence-corrected chi connectivity index (χ2v) is 5.18. The van der Waals surface area contributed by atoms with Gasteiger partial charge in [-0.05, 0) is 37.0 Å². The Balaban J connectivity index is 2.72. The fourth-order valence-electron chi connectivity index (χ4n) is 1.89. The van der Waals surface area contributed by atoms with E-state index in [1.807, 2.05) is 6.92 Å². The van der Waals surface area contributed by atoms with E-state index in [2.05, 4.69) is 18.6 Å². The van der Waals surface area contributed by atoms with Gasteiger partial charge in [0, 0.05) is 5.54 Å². The van der Waals surface area contributed by atoms with Gasteiger partial charge in [-0.3, -0.25) is 0 Å². The maximum atomic E-state index is 12.0. The molecule has 5 heteroatoms. The molecule has 0 amide bonds. The zero-order chi connectivity index (χ0) is 14.7. The maximum Gasteiger partial charge on any atom is 0.573 e. The minimum atomic E-state index is -4.65. The number of halogens is 3. The molecule has 2 N–H and O–H groups in total. The van der Waals surface area contributed by atoms with Crippen LogP contribution in [0.25, 0.3) is 0 Å². The molecule has 0 aliphatic rings. The molecule has 1 aromatic rings. The zero-order valence-electron chi connectivity index (χ0n) is 11.4. The molecule has 0 saturated heterocycles. The SMILES string of the molecule is CCC(C)C(C)(N)Cc1ccc(OC(F)(F)F)cc1. The van der Waals surface area contributed by atoms with Crippen LogP contribution >= 0.6 is 0 Å². The predicted molar refractivity (Wildman–Crippen MR) is 68.9 cm³/mol. The van der Waals surface area contributed by atoms with Crippen LogP contribution in [0.2, 0.25) is 0 Å². The lowest BCUT2D eigenvalue weighted by atomic mass is 9.81. The first-order valence-corrected chi connectivity index (χ1v) is 6.27. The standard InChI is InChI=1S/C14H20F3NO/c1-4-10(2)13(3,18)9-11-5-7-12(8-6-11)19-14(15,16)17/h5-8,10H,4,9,18H2,1-3H3. The number of hydrogen-bond donors (Lipinski definition) is 1. The Morgan fingerprint density at radius 2 is 1.74 bits per heavy atom. The molecule has 108 valence electrons. The maximum absolute atomic E-state index is 12.0. The molecule has 0 saturated carbocycles. The van der Waals surface area contributed by atoms with Crippen molar-refractivity contribution in [3.63, 3.8) is 0 Å². The third kappa shape index (κ3) is 5.11. The molecule has 0 radical (unpaired) electrons. The minimum Gasteiger partial charge on any atom is -0.406 e. The van der Waals surface area contributed by atoms with Gasteiger partial charge in [0.2, 0.25) is 0 Å². The molecule has 0 fully saturated rings. The molecule has 1 aromatic carbocycles. The Morgan fingerprint density at radius 1 is 1.21 bits per heavy atom. The summed E-state index contributed by atoms with van der Waals surface area (Å²) in [6.45, 7) is 6.10. The van der Waals surface area contributed by atoms with Crippen molar-refractivity contribution in [2.75, 3.05) is 0 Å². The average molecular weight is 275 g/mol. The van der Waals surface area contributed by atoms with Crippen LogP contribution in [0.15, 0.2) is 24.3 Å².